The largest absolute Gasteiger partial charge is 0.333 e. The van der Waals surface area contributed by atoms with Crippen molar-refractivity contribution in [1.29, 1.82) is 0 Å². The Morgan fingerprint density at radius 1 is 1.25 bits per heavy atom. The molecule has 0 saturated heterocycles. The first kappa shape index (κ1) is 17.0. The molecule has 0 aliphatic rings. The number of aryl methyl sites for hydroxylation is 3. The zero-order valence-electron chi connectivity index (χ0n) is 12.0. The van der Waals surface area contributed by atoms with Crippen LogP contribution in [0, 0.1) is 18.5 Å². The van der Waals surface area contributed by atoms with E-state index in [4.69, 9.17) is 17.3 Å². The average Bonchev–Trinajstić information content (AvgIpc) is 2.79. The van der Waals surface area contributed by atoms with E-state index in [9.17, 15) is 0 Å². The van der Waals surface area contributed by atoms with E-state index in [0.29, 0.717) is 0 Å². The second kappa shape index (κ2) is 6.59. The first-order valence-corrected chi connectivity index (χ1v) is 7.92. The number of hydrogen-bond acceptors (Lipinski definition) is 3. The number of hydrogen-bond donors (Lipinski definition) is 0. The highest BCUT2D eigenvalue weighted by Crippen LogP contribution is 2.27. The lowest BCUT2D eigenvalue weighted by atomic mass is 10.1. The molecule has 5 heteroatoms. The molecule has 0 N–H and O–H groups in total. The lowest BCUT2D eigenvalue weighted by Crippen LogP contribution is -2.04. The first-order valence-electron chi connectivity index (χ1n) is 6.29. The highest BCUT2D eigenvalue weighted by Gasteiger charge is 2.13. The van der Waals surface area contributed by atoms with Crippen LogP contribution < -0.4 is 0 Å². The number of thioether (sulfide) groups is 1. The predicted octanol–water partition coefficient (Wildman–Crippen LogP) is 4.61. The van der Waals surface area contributed by atoms with Gasteiger partial charge in [-0.2, -0.15) is 5.10 Å². The van der Waals surface area contributed by atoms with Gasteiger partial charge in [0.2, 0.25) is 0 Å². The van der Waals surface area contributed by atoms with Crippen LogP contribution in [0.1, 0.15) is 25.5 Å². The van der Waals surface area contributed by atoms with Crippen molar-refractivity contribution in [2.75, 3.05) is 6.26 Å². The standard InChI is InChI=1S/C14H19N3S2.CH4/c1-6-17-12(19-5)8-11(15-17)13-9(2)7-10(3)14(18)16(13)4;/h7-8H,6H2,1-5H3;1H4. The highest BCUT2D eigenvalue weighted by atomic mass is 32.2. The zero-order valence-corrected chi connectivity index (χ0v) is 13.7. The van der Waals surface area contributed by atoms with E-state index in [1.54, 1.807) is 11.8 Å². The molecular formula is C15H23N3S2. The first-order chi connectivity index (χ1) is 8.99. The molecule has 0 spiro atoms. The lowest BCUT2D eigenvalue weighted by Gasteiger charge is -2.12. The normalized spacial score (nSPS) is 10.4. The third kappa shape index (κ3) is 2.83. The van der Waals surface area contributed by atoms with Crippen molar-refractivity contribution in [3.63, 3.8) is 0 Å². The molecule has 20 heavy (non-hydrogen) atoms. The van der Waals surface area contributed by atoms with E-state index < -0.39 is 0 Å². The van der Waals surface area contributed by atoms with Gasteiger partial charge < -0.3 is 4.57 Å². The summed E-state index contributed by atoms with van der Waals surface area (Å²) in [7, 11) is 2.02. The maximum Gasteiger partial charge on any atom is 0.110 e. The molecule has 0 unspecified atom stereocenters. The van der Waals surface area contributed by atoms with Crippen LogP contribution in [0.15, 0.2) is 17.2 Å². The fourth-order valence-corrected chi connectivity index (χ4v) is 3.13. The molecule has 0 aliphatic heterocycles. The summed E-state index contributed by atoms with van der Waals surface area (Å²) in [5.74, 6) is 0. The van der Waals surface area contributed by atoms with Gasteiger partial charge in [-0.05, 0) is 44.2 Å². The molecular weight excluding hydrogens is 286 g/mol. The maximum atomic E-state index is 5.46. The average molecular weight is 310 g/mol. The number of nitrogens with zero attached hydrogens (tertiary/aromatic N) is 3. The number of rotatable bonds is 3. The van der Waals surface area contributed by atoms with Crippen LogP contribution in [0.2, 0.25) is 0 Å². The quantitative estimate of drug-likeness (QED) is 0.610. The van der Waals surface area contributed by atoms with Gasteiger partial charge in [0.05, 0.1) is 10.7 Å². The number of pyridine rings is 1. The molecule has 3 nitrogen and oxygen atoms in total. The van der Waals surface area contributed by atoms with Gasteiger partial charge in [0.1, 0.15) is 10.3 Å². The molecule has 110 valence electrons. The third-order valence-electron chi connectivity index (χ3n) is 3.28. The molecule has 0 saturated carbocycles. The van der Waals surface area contributed by atoms with Crippen LogP contribution in [-0.4, -0.2) is 20.6 Å². The second-order valence-corrected chi connectivity index (χ2v) is 5.82. The minimum atomic E-state index is 0. The van der Waals surface area contributed by atoms with Crippen molar-refractivity contribution in [2.45, 2.75) is 39.8 Å². The SMILES string of the molecule is C.CCn1nc(-c2c(C)cc(C)c(=S)n2C)cc1SC. The van der Waals surface area contributed by atoms with Crippen LogP contribution >= 0.6 is 24.0 Å². The van der Waals surface area contributed by atoms with Gasteiger partial charge in [-0.3, -0.25) is 4.68 Å². The Kier molecular flexibility index (Phi) is 5.59. The molecule has 2 rings (SSSR count). The summed E-state index contributed by atoms with van der Waals surface area (Å²) in [6.07, 6.45) is 2.08. The summed E-state index contributed by atoms with van der Waals surface area (Å²) < 4.78 is 4.96. The van der Waals surface area contributed by atoms with Gasteiger partial charge >= 0.3 is 0 Å². The predicted molar refractivity (Wildman–Crippen MR) is 91.1 cm³/mol. The van der Waals surface area contributed by atoms with E-state index in [1.165, 1.54) is 10.6 Å². The summed E-state index contributed by atoms with van der Waals surface area (Å²) in [6.45, 7) is 7.15. The van der Waals surface area contributed by atoms with Crippen molar-refractivity contribution in [1.82, 2.24) is 14.3 Å². The molecule has 0 atom stereocenters. The van der Waals surface area contributed by atoms with Crippen molar-refractivity contribution < 1.29 is 0 Å². The summed E-state index contributed by atoms with van der Waals surface area (Å²) in [5.41, 5.74) is 4.45. The summed E-state index contributed by atoms with van der Waals surface area (Å²) in [4.78, 5) is 0. The van der Waals surface area contributed by atoms with Crippen molar-refractivity contribution in [3.05, 3.63) is 27.9 Å². The molecule has 2 aromatic heterocycles. The molecule has 2 aromatic rings. The molecule has 2 heterocycles. The van der Waals surface area contributed by atoms with Crippen LogP contribution in [0.3, 0.4) is 0 Å². The molecule has 0 aliphatic carbocycles. The molecule has 0 aromatic carbocycles. The van der Waals surface area contributed by atoms with Crippen LogP contribution in [-0.2, 0) is 13.6 Å². The Bertz CT molecular complexity index is 647. The van der Waals surface area contributed by atoms with E-state index in [2.05, 4.69) is 43.7 Å². The van der Waals surface area contributed by atoms with Gasteiger partial charge in [0.25, 0.3) is 0 Å². The van der Waals surface area contributed by atoms with Crippen molar-refractivity contribution in [2.24, 2.45) is 7.05 Å². The topological polar surface area (TPSA) is 22.8 Å². The number of aromatic nitrogens is 3. The van der Waals surface area contributed by atoms with Gasteiger partial charge in [0, 0.05) is 13.6 Å². The van der Waals surface area contributed by atoms with E-state index in [1.807, 2.05) is 11.7 Å². The highest BCUT2D eigenvalue weighted by molar-refractivity contribution is 7.98. The monoisotopic (exact) mass is 309 g/mol. The smallest absolute Gasteiger partial charge is 0.110 e. The Labute approximate surface area is 131 Å². The van der Waals surface area contributed by atoms with Crippen LogP contribution in [0.4, 0.5) is 0 Å². The molecule has 0 fully saturated rings. The molecule has 0 amide bonds. The minimum Gasteiger partial charge on any atom is -0.333 e. The van der Waals surface area contributed by atoms with E-state index >= 15 is 0 Å². The Morgan fingerprint density at radius 3 is 2.40 bits per heavy atom. The lowest BCUT2D eigenvalue weighted by molar-refractivity contribution is 0.606. The molecule has 0 bridgehead atoms. The van der Waals surface area contributed by atoms with E-state index in [0.717, 1.165) is 28.1 Å². The third-order valence-corrected chi connectivity index (χ3v) is 4.62. The van der Waals surface area contributed by atoms with Gasteiger partial charge in [-0.15, -0.1) is 11.8 Å². The van der Waals surface area contributed by atoms with Crippen LogP contribution in [0.5, 0.6) is 0 Å². The van der Waals surface area contributed by atoms with Crippen LogP contribution in [0.25, 0.3) is 11.4 Å². The van der Waals surface area contributed by atoms with Gasteiger partial charge in [-0.25, -0.2) is 0 Å². The van der Waals surface area contributed by atoms with Crippen molar-refractivity contribution >= 4 is 24.0 Å². The van der Waals surface area contributed by atoms with Gasteiger partial charge in [0.15, 0.2) is 0 Å². The second-order valence-electron chi connectivity index (χ2n) is 4.61. The molecule has 0 radical (unpaired) electrons. The Hall–Kier alpha value is -1.07. The maximum absolute atomic E-state index is 5.46. The Morgan fingerprint density at radius 2 is 1.90 bits per heavy atom. The van der Waals surface area contributed by atoms with E-state index in [-0.39, 0.29) is 7.43 Å². The fourth-order valence-electron chi connectivity index (χ4n) is 2.37. The fraction of sp³-hybridized carbons (Fsp3) is 0.467. The summed E-state index contributed by atoms with van der Waals surface area (Å²) >= 11 is 7.18. The van der Waals surface area contributed by atoms with Crippen molar-refractivity contribution in [3.8, 4) is 11.4 Å². The van der Waals surface area contributed by atoms with Gasteiger partial charge in [-0.1, -0.05) is 25.7 Å². The Balaban J connectivity index is 0.00000200. The minimum absolute atomic E-state index is 0. The summed E-state index contributed by atoms with van der Waals surface area (Å²) in [6, 6.07) is 4.28. The zero-order chi connectivity index (χ0) is 14.2. The summed E-state index contributed by atoms with van der Waals surface area (Å²) in [5, 5.41) is 5.87.